The largest absolute Gasteiger partial charge is 0.468 e. The number of rotatable bonds is 4. The van der Waals surface area contributed by atoms with Gasteiger partial charge in [0.25, 0.3) is 0 Å². The van der Waals surface area contributed by atoms with Crippen molar-refractivity contribution in [3.05, 3.63) is 35.4 Å². The molecule has 18 heavy (non-hydrogen) atoms. The summed E-state index contributed by atoms with van der Waals surface area (Å²) in [6.45, 7) is 0. The number of esters is 2. The molecule has 1 unspecified atom stereocenters. The third kappa shape index (κ3) is 2.23. The Morgan fingerprint density at radius 1 is 1.22 bits per heavy atom. The lowest BCUT2D eigenvalue weighted by Gasteiger charge is -2.31. The lowest BCUT2D eigenvalue weighted by atomic mass is 9.73. The molecule has 1 aliphatic carbocycles. The Labute approximate surface area is 106 Å². The van der Waals surface area contributed by atoms with Crippen LogP contribution in [0.3, 0.4) is 0 Å². The van der Waals surface area contributed by atoms with Gasteiger partial charge in [0.2, 0.25) is 0 Å². The van der Waals surface area contributed by atoms with Crippen LogP contribution in [0.4, 0.5) is 0 Å². The Kier molecular flexibility index (Phi) is 3.65. The van der Waals surface area contributed by atoms with Crippen LogP contribution in [0.15, 0.2) is 24.3 Å². The second kappa shape index (κ2) is 5.21. The molecule has 0 radical (unpaired) electrons. The summed E-state index contributed by atoms with van der Waals surface area (Å²) in [6, 6.07) is 8.07. The van der Waals surface area contributed by atoms with E-state index in [9.17, 15) is 9.59 Å². The molecule has 96 valence electrons. The zero-order chi connectivity index (χ0) is 13.1. The highest BCUT2D eigenvalue weighted by atomic mass is 16.5. The molecule has 0 spiro atoms. The minimum absolute atomic E-state index is 0.240. The number of fused-ring (bicyclic) bond motifs is 1. The second-order valence-electron chi connectivity index (χ2n) is 4.43. The molecule has 1 atom stereocenters. The second-order valence-corrected chi connectivity index (χ2v) is 4.43. The lowest BCUT2D eigenvalue weighted by Crippen LogP contribution is -2.31. The molecule has 0 N–H and O–H groups in total. The summed E-state index contributed by atoms with van der Waals surface area (Å²) in [7, 11) is 2.57. The van der Waals surface area contributed by atoms with Crippen molar-refractivity contribution in [3.63, 3.8) is 0 Å². The molecule has 0 saturated carbocycles. The van der Waals surface area contributed by atoms with E-state index in [0.717, 1.165) is 6.42 Å². The summed E-state index contributed by atoms with van der Waals surface area (Å²) < 4.78 is 9.31. The van der Waals surface area contributed by atoms with Crippen LogP contribution in [0, 0.1) is 5.92 Å². The van der Waals surface area contributed by atoms with Gasteiger partial charge >= 0.3 is 11.9 Å². The fourth-order valence-electron chi connectivity index (χ4n) is 2.43. The van der Waals surface area contributed by atoms with Crippen molar-refractivity contribution in [2.24, 2.45) is 5.92 Å². The molecule has 0 bridgehead atoms. The van der Waals surface area contributed by atoms with Gasteiger partial charge < -0.3 is 9.47 Å². The maximum Gasteiger partial charge on any atom is 0.320 e. The van der Waals surface area contributed by atoms with Crippen molar-refractivity contribution in [2.75, 3.05) is 14.2 Å². The number of methoxy groups -OCH3 is 2. The first kappa shape index (κ1) is 12.6. The Morgan fingerprint density at radius 3 is 2.39 bits per heavy atom. The fourth-order valence-corrected chi connectivity index (χ4v) is 2.43. The monoisotopic (exact) mass is 248 g/mol. The van der Waals surface area contributed by atoms with E-state index in [2.05, 4.69) is 15.5 Å². The van der Waals surface area contributed by atoms with Crippen LogP contribution in [-0.2, 0) is 25.5 Å². The van der Waals surface area contributed by atoms with Gasteiger partial charge in [0.1, 0.15) is 0 Å². The normalized spacial score (nSPS) is 16.7. The summed E-state index contributed by atoms with van der Waals surface area (Å²) in [4.78, 5) is 23.2. The predicted molar refractivity (Wildman–Crippen MR) is 65.0 cm³/mol. The minimum Gasteiger partial charge on any atom is -0.468 e. The highest BCUT2D eigenvalue weighted by molar-refractivity contribution is 5.94. The van der Waals surface area contributed by atoms with Crippen molar-refractivity contribution in [1.29, 1.82) is 0 Å². The van der Waals surface area contributed by atoms with E-state index in [1.807, 2.05) is 18.2 Å². The Balaban J connectivity index is 2.08. The number of hydrogen-bond donors (Lipinski definition) is 0. The summed E-state index contributed by atoms with van der Waals surface area (Å²) in [5, 5.41) is 0. The topological polar surface area (TPSA) is 52.6 Å². The van der Waals surface area contributed by atoms with Gasteiger partial charge in [-0.3, -0.25) is 9.59 Å². The molecule has 0 amide bonds. The zero-order valence-electron chi connectivity index (χ0n) is 10.5. The SMILES string of the molecule is COC(=O)C(CC1Cc2ccccc21)C(=O)OC. The van der Waals surface area contributed by atoms with Crippen LogP contribution in [0.1, 0.15) is 23.5 Å². The van der Waals surface area contributed by atoms with Gasteiger partial charge in [-0.2, -0.15) is 0 Å². The predicted octanol–water partition coefficient (Wildman–Crippen LogP) is 1.68. The van der Waals surface area contributed by atoms with Crippen LogP contribution < -0.4 is 0 Å². The molecule has 0 heterocycles. The molecule has 4 nitrogen and oxygen atoms in total. The van der Waals surface area contributed by atoms with Crippen LogP contribution >= 0.6 is 0 Å². The van der Waals surface area contributed by atoms with Gasteiger partial charge in [0, 0.05) is 0 Å². The average Bonchev–Trinajstić information content (AvgIpc) is 2.38. The Morgan fingerprint density at radius 2 is 1.83 bits per heavy atom. The molecule has 4 heteroatoms. The van der Waals surface area contributed by atoms with E-state index < -0.39 is 17.9 Å². The van der Waals surface area contributed by atoms with Crippen molar-refractivity contribution in [2.45, 2.75) is 18.8 Å². The fraction of sp³-hybridized carbons (Fsp3) is 0.429. The number of carbonyl (C=O) groups is 2. The molecule has 1 aliphatic rings. The molecule has 1 aromatic carbocycles. The van der Waals surface area contributed by atoms with E-state index in [-0.39, 0.29) is 5.92 Å². The van der Waals surface area contributed by atoms with Crippen molar-refractivity contribution < 1.29 is 19.1 Å². The average molecular weight is 248 g/mol. The van der Waals surface area contributed by atoms with Gasteiger partial charge in [0.15, 0.2) is 5.92 Å². The molecule has 0 saturated heterocycles. The first-order chi connectivity index (χ1) is 8.67. The molecule has 2 rings (SSSR count). The van der Waals surface area contributed by atoms with Gasteiger partial charge in [-0.05, 0) is 29.9 Å². The van der Waals surface area contributed by atoms with Crippen LogP contribution in [-0.4, -0.2) is 26.2 Å². The number of ether oxygens (including phenoxy) is 2. The van der Waals surface area contributed by atoms with Gasteiger partial charge in [-0.1, -0.05) is 24.3 Å². The quantitative estimate of drug-likeness (QED) is 0.601. The molecule has 0 fully saturated rings. The van der Waals surface area contributed by atoms with Gasteiger partial charge in [-0.15, -0.1) is 0 Å². The van der Waals surface area contributed by atoms with Crippen molar-refractivity contribution >= 4 is 11.9 Å². The first-order valence-electron chi connectivity index (χ1n) is 5.90. The summed E-state index contributed by atoms with van der Waals surface area (Å²) in [6.07, 6.45) is 1.36. The highest BCUT2D eigenvalue weighted by Crippen LogP contribution is 2.39. The van der Waals surface area contributed by atoms with Crippen LogP contribution in [0.25, 0.3) is 0 Å². The van der Waals surface area contributed by atoms with E-state index >= 15 is 0 Å². The molecule has 0 aromatic heterocycles. The summed E-state index contributed by atoms with van der Waals surface area (Å²) in [5.74, 6) is -1.62. The number of carbonyl (C=O) groups excluding carboxylic acids is 2. The molecule has 0 aliphatic heterocycles. The zero-order valence-corrected chi connectivity index (χ0v) is 10.5. The Hall–Kier alpha value is -1.84. The van der Waals surface area contributed by atoms with Crippen LogP contribution in [0.2, 0.25) is 0 Å². The molecular weight excluding hydrogens is 232 g/mol. The van der Waals surface area contributed by atoms with Crippen molar-refractivity contribution in [3.8, 4) is 0 Å². The summed E-state index contributed by atoms with van der Waals surface area (Å²) in [5.41, 5.74) is 2.51. The van der Waals surface area contributed by atoms with Gasteiger partial charge in [0.05, 0.1) is 14.2 Å². The minimum atomic E-state index is -0.821. The molecular formula is C14H16O4. The maximum atomic E-state index is 11.6. The third-order valence-electron chi connectivity index (χ3n) is 3.45. The maximum absolute atomic E-state index is 11.6. The van der Waals surface area contributed by atoms with Gasteiger partial charge in [-0.25, -0.2) is 0 Å². The van der Waals surface area contributed by atoms with Crippen molar-refractivity contribution in [1.82, 2.24) is 0 Å². The van der Waals surface area contributed by atoms with E-state index in [4.69, 9.17) is 0 Å². The summed E-state index contributed by atoms with van der Waals surface area (Å²) >= 11 is 0. The molecule has 1 aromatic rings. The number of benzene rings is 1. The van der Waals surface area contributed by atoms with Crippen LogP contribution in [0.5, 0.6) is 0 Å². The number of hydrogen-bond acceptors (Lipinski definition) is 4. The third-order valence-corrected chi connectivity index (χ3v) is 3.45. The van der Waals surface area contributed by atoms with E-state index in [0.29, 0.717) is 6.42 Å². The standard InChI is InChI=1S/C14H16O4/c1-17-13(15)12(14(16)18-2)8-10-7-9-5-3-4-6-11(9)10/h3-6,10,12H,7-8H2,1-2H3. The van der Waals surface area contributed by atoms with E-state index in [1.54, 1.807) is 0 Å². The highest BCUT2D eigenvalue weighted by Gasteiger charge is 2.35. The lowest BCUT2D eigenvalue weighted by molar-refractivity contribution is -0.159. The van der Waals surface area contributed by atoms with E-state index in [1.165, 1.54) is 25.3 Å². The first-order valence-corrected chi connectivity index (χ1v) is 5.90. The Bertz CT molecular complexity index is 451. The smallest absolute Gasteiger partial charge is 0.320 e.